The lowest BCUT2D eigenvalue weighted by molar-refractivity contribution is 0.102. The molecule has 0 radical (unpaired) electrons. The lowest BCUT2D eigenvalue weighted by Gasteiger charge is -2.07. The summed E-state index contributed by atoms with van der Waals surface area (Å²) in [4.78, 5) is 15.4. The van der Waals surface area contributed by atoms with E-state index in [1.807, 2.05) is 0 Å². The van der Waals surface area contributed by atoms with Crippen LogP contribution in [0.2, 0.25) is 10.0 Å². The maximum Gasteiger partial charge on any atom is 0.256 e. The molecule has 0 unspecified atom stereocenters. The van der Waals surface area contributed by atoms with Crippen LogP contribution in [-0.2, 0) is 0 Å². The fourth-order valence-corrected chi connectivity index (χ4v) is 1.74. The van der Waals surface area contributed by atoms with Crippen molar-refractivity contribution in [1.82, 2.24) is 4.98 Å². The van der Waals surface area contributed by atoms with Crippen molar-refractivity contribution < 1.29 is 9.18 Å². The van der Waals surface area contributed by atoms with E-state index < -0.39 is 11.9 Å². The fraction of sp³-hybridized carbons (Fsp3) is 0. The lowest BCUT2D eigenvalue weighted by Crippen LogP contribution is -2.13. The van der Waals surface area contributed by atoms with Crippen molar-refractivity contribution in [1.29, 1.82) is 0 Å². The Hall–Kier alpha value is -1.85. The van der Waals surface area contributed by atoms with Crippen molar-refractivity contribution >= 4 is 40.6 Å². The number of aromatic nitrogens is 1. The van der Waals surface area contributed by atoms with Crippen LogP contribution >= 0.6 is 23.2 Å². The normalized spacial score (nSPS) is 10.3. The highest BCUT2D eigenvalue weighted by atomic mass is 35.5. The summed E-state index contributed by atoms with van der Waals surface area (Å²) in [6, 6.07) is 6.81. The summed E-state index contributed by atoms with van der Waals surface area (Å²) in [6.45, 7) is 0. The van der Waals surface area contributed by atoms with Gasteiger partial charge >= 0.3 is 0 Å². The first-order valence-electron chi connectivity index (χ1n) is 5.16. The highest BCUT2D eigenvalue weighted by Crippen LogP contribution is 2.29. The van der Waals surface area contributed by atoms with Crippen LogP contribution in [0.4, 0.5) is 15.9 Å². The summed E-state index contributed by atoms with van der Waals surface area (Å²) >= 11 is 11.6. The predicted octanol–water partition coefficient (Wildman–Crippen LogP) is 3.36. The number of nitrogens with two attached hydrogens (primary N) is 1. The molecule has 0 spiro atoms. The average molecular weight is 300 g/mol. The van der Waals surface area contributed by atoms with E-state index in [9.17, 15) is 9.18 Å². The topological polar surface area (TPSA) is 68.0 Å². The second-order valence-corrected chi connectivity index (χ2v) is 4.45. The minimum atomic E-state index is -0.688. The first kappa shape index (κ1) is 13.6. The number of anilines is 2. The lowest BCUT2D eigenvalue weighted by atomic mass is 10.2. The van der Waals surface area contributed by atoms with Gasteiger partial charge < -0.3 is 11.1 Å². The van der Waals surface area contributed by atoms with Crippen molar-refractivity contribution in [2.24, 2.45) is 0 Å². The van der Waals surface area contributed by atoms with E-state index in [0.29, 0.717) is 0 Å². The van der Waals surface area contributed by atoms with Crippen LogP contribution in [0.3, 0.4) is 0 Å². The minimum absolute atomic E-state index is 0.0923. The number of benzene rings is 1. The van der Waals surface area contributed by atoms with Gasteiger partial charge in [0, 0.05) is 5.56 Å². The smallest absolute Gasteiger partial charge is 0.256 e. The molecule has 0 saturated heterocycles. The van der Waals surface area contributed by atoms with Crippen LogP contribution in [0, 0.1) is 5.95 Å². The molecular weight excluding hydrogens is 292 g/mol. The Labute approximate surface area is 118 Å². The van der Waals surface area contributed by atoms with Crippen molar-refractivity contribution in [3.8, 4) is 0 Å². The molecule has 98 valence electrons. The Morgan fingerprint density at radius 2 is 2.05 bits per heavy atom. The van der Waals surface area contributed by atoms with E-state index in [2.05, 4.69) is 10.3 Å². The number of hydrogen-bond acceptors (Lipinski definition) is 3. The number of carbonyl (C=O) groups is 1. The van der Waals surface area contributed by atoms with Gasteiger partial charge in [-0.1, -0.05) is 29.3 Å². The number of rotatable bonds is 2. The van der Waals surface area contributed by atoms with E-state index >= 15 is 0 Å². The number of carbonyl (C=O) groups excluding carboxylic acids is 1. The predicted molar refractivity (Wildman–Crippen MR) is 73.0 cm³/mol. The van der Waals surface area contributed by atoms with Gasteiger partial charge in [-0.25, -0.2) is 4.98 Å². The Balaban J connectivity index is 2.25. The highest BCUT2D eigenvalue weighted by molar-refractivity contribution is 6.44. The van der Waals surface area contributed by atoms with Crippen molar-refractivity contribution in [3.63, 3.8) is 0 Å². The molecule has 4 nitrogen and oxygen atoms in total. The molecule has 2 rings (SSSR count). The van der Waals surface area contributed by atoms with Crippen LogP contribution in [0.1, 0.15) is 10.4 Å². The van der Waals surface area contributed by atoms with Gasteiger partial charge in [-0.2, -0.15) is 4.39 Å². The molecule has 1 amide bonds. The number of pyridine rings is 1. The molecule has 0 fully saturated rings. The number of halogens is 3. The summed E-state index contributed by atoms with van der Waals surface area (Å²) in [6.07, 6.45) is 0. The summed E-state index contributed by atoms with van der Waals surface area (Å²) in [5, 5.41) is 2.77. The quantitative estimate of drug-likeness (QED) is 0.660. The summed E-state index contributed by atoms with van der Waals surface area (Å²) in [7, 11) is 0. The third-order valence-electron chi connectivity index (χ3n) is 2.28. The maximum absolute atomic E-state index is 12.9. The molecule has 0 saturated carbocycles. The Kier molecular flexibility index (Phi) is 3.87. The highest BCUT2D eigenvalue weighted by Gasteiger charge is 2.12. The summed E-state index contributed by atoms with van der Waals surface area (Å²) in [5.41, 5.74) is 6.00. The molecule has 0 aliphatic heterocycles. The molecular formula is C12H8Cl2FN3O. The zero-order valence-corrected chi connectivity index (χ0v) is 11.0. The molecule has 2 aromatic rings. The Morgan fingerprint density at radius 3 is 2.68 bits per heavy atom. The SMILES string of the molecule is Nc1cc(C(=O)Nc2cccc(F)n2)cc(Cl)c1Cl. The van der Waals surface area contributed by atoms with E-state index in [4.69, 9.17) is 28.9 Å². The van der Waals surface area contributed by atoms with Crippen LogP contribution in [-0.4, -0.2) is 10.9 Å². The molecule has 0 bridgehead atoms. The average Bonchev–Trinajstić information content (AvgIpc) is 2.35. The monoisotopic (exact) mass is 299 g/mol. The van der Waals surface area contributed by atoms with Gasteiger partial charge in [0.05, 0.1) is 15.7 Å². The number of nitrogen functional groups attached to an aromatic ring is 1. The number of hydrogen-bond donors (Lipinski definition) is 2. The van der Waals surface area contributed by atoms with Gasteiger partial charge in [0.1, 0.15) is 5.82 Å². The van der Waals surface area contributed by atoms with Crippen LogP contribution < -0.4 is 11.1 Å². The number of nitrogens with one attached hydrogen (secondary N) is 1. The van der Waals surface area contributed by atoms with E-state index in [1.54, 1.807) is 0 Å². The van der Waals surface area contributed by atoms with Crippen LogP contribution in [0.5, 0.6) is 0 Å². The van der Waals surface area contributed by atoms with Gasteiger partial charge in [-0.3, -0.25) is 4.79 Å². The minimum Gasteiger partial charge on any atom is -0.397 e. The van der Waals surface area contributed by atoms with E-state index in [1.165, 1.54) is 30.3 Å². The van der Waals surface area contributed by atoms with Crippen molar-refractivity contribution in [2.75, 3.05) is 11.1 Å². The fourth-order valence-electron chi connectivity index (χ4n) is 1.41. The standard InChI is InChI=1S/C12H8Cl2FN3O/c13-7-4-6(5-8(16)11(7)14)12(19)18-10-3-1-2-9(15)17-10/h1-5H,16H2,(H,17,18,19). The molecule has 0 atom stereocenters. The Morgan fingerprint density at radius 1 is 1.32 bits per heavy atom. The molecule has 1 aromatic carbocycles. The molecule has 0 aliphatic carbocycles. The van der Waals surface area contributed by atoms with Gasteiger partial charge in [0.2, 0.25) is 5.95 Å². The van der Waals surface area contributed by atoms with Crippen molar-refractivity contribution in [2.45, 2.75) is 0 Å². The van der Waals surface area contributed by atoms with Crippen LogP contribution in [0.25, 0.3) is 0 Å². The van der Waals surface area contributed by atoms with Gasteiger partial charge in [-0.05, 0) is 24.3 Å². The molecule has 19 heavy (non-hydrogen) atoms. The van der Waals surface area contributed by atoms with Gasteiger partial charge in [0.25, 0.3) is 5.91 Å². The molecule has 0 aliphatic rings. The molecule has 7 heteroatoms. The Bertz CT molecular complexity index is 626. The zero-order valence-electron chi connectivity index (χ0n) is 9.45. The maximum atomic E-state index is 12.9. The third kappa shape index (κ3) is 3.13. The number of nitrogens with zero attached hydrogens (tertiary/aromatic N) is 1. The van der Waals surface area contributed by atoms with Gasteiger partial charge in [-0.15, -0.1) is 0 Å². The molecule has 3 N–H and O–H groups in total. The zero-order chi connectivity index (χ0) is 14.0. The van der Waals surface area contributed by atoms with Crippen LogP contribution in [0.15, 0.2) is 30.3 Å². The first-order valence-corrected chi connectivity index (χ1v) is 5.91. The van der Waals surface area contributed by atoms with E-state index in [-0.39, 0.29) is 27.1 Å². The molecule has 1 aromatic heterocycles. The summed E-state index contributed by atoms with van der Waals surface area (Å²) in [5.74, 6) is -1.11. The number of amides is 1. The van der Waals surface area contributed by atoms with Crippen molar-refractivity contribution in [3.05, 3.63) is 51.9 Å². The van der Waals surface area contributed by atoms with Gasteiger partial charge in [0.15, 0.2) is 0 Å². The summed E-state index contributed by atoms with van der Waals surface area (Å²) < 4.78 is 12.9. The second kappa shape index (κ2) is 5.42. The van der Waals surface area contributed by atoms with E-state index in [0.717, 1.165) is 0 Å². The molecule has 1 heterocycles. The third-order valence-corrected chi connectivity index (χ3v) is 3.09. The largest absolute Gasteiger partial charge is 0.397 e. The second-order valence-electron chi connectivity index (χ2n) is 3.66. The first-order chi connectivity index (χ1) is 8.97.